The van der Waals surface area contributed by atoms with Gasteiger partial charge in [-0.05, 0) is 56.7 Å². The van der Waals surface area contributed by atoms with E-state index < -0.39 is 11.9 Å². The van der Waals surface area contributed by atoms with Crippen LogP contribution in [0.2, 0.25) is 0 Å². The number of hydrogen-bond donors (Lipinski definition) is 0. The van der Waals surface area contributed by atoms with E-state index in [1.807, 2.05) is 18.2 Å². The normalized spacial score (nSPS) is 11.3. The molecule has 0 aromatic heterocycles. The highest BCUT2D eigenvalue weighted by Gasteiger charge is 2.18. The fourth-order valence-corrected chi connectivity index (χ4v) is 2.73. The number of carbonyl (C=O) groups is 2. The second kappa shape index (κ2) is 10.7. The number of esters is 2. The third-order valence-electron chi connectivity index (χ3n) is 3.00. The van der Waals surface area contributed by atoms with Gasteiger partial charge >= 0.3 is 11.9 Å². The first kappa shape index (κ1) is 19.0. The highest BCUT2D eigenvalue weighted by molar-refractivity contribution is 7.99. The number of nitriles is 1. The van der Waals surface area contributed by atoms with Crippen LogP contribution in [0.25, 0.3) is 0 Å². The smallest absolute Gasteiger partial charge is 0.338 e. The van der Waals surface area contributed by atoms with Crippen molar-refractivity contribution in [3.63, 3.8) is 0 Å². The van der Waals surface area contributed by atoms with Gasteiger partial charge in [-0.1, -0.05) is 0 Å². The lowest BCUT2D eigenvalue weighted by molar-refractivity contribution is -0.146. The molecule has 23 heavy (non-hydrogen) atoms. The average molecular weight is 335 g/mol. The Morgan fingerprint density at radius 2 is 1.83 bits per heavy atom. The van der Waals surface area contributed by atoms with Gasteiger partial charge in [0, 0.05) is 4.90 Å². The molecule has 0 amide bonds. The van der Waals surface area contributed by atoms with Crippen LogP contribution in [0.5, 0.6) is 0 Å². The molecule has 0 fully saturated rings. The monoisotopic (exact) mass is 335 g/mol. The third kappa shape index (κ3) is 6.74. The summed E-state index contributed by atoms with van der Waals surface area (Å²) < 4.78 is 9.78. The van der Waals surface area contributed by atoms with Crippen molar-refractivity contribution in [2.24, 2.45) is 5.92 Å². The van der Waals surface area contributed by atoms with Gasteiger partial charge in [-0.15, -0.1) is 11.8 Å². The zero-order valence-corrected chi connectivity index (χ0v) is 14.2. The van der Waals surface area contributed by atoms with Gasteiger partial charge in [0.15, 0.2) is 0 Å². The topological polar surface area (TPSA) is 76.4 Å². The van der Waals surface area contributed by atoms with Crippen LogP contribution in [0, 0.1) is 17.2 Å². The van der Waals surface area contributed by atoms with Gasteiger partial charge in [-0.25, -0.2) is 4.79 Å². The number of ether oxygens (including phenoxy) is 2. The Balaban J connectivity index is 2.37. The van der Waals surface area contributed by atoms with E-state index in [4.69, 9.17) is 14.7 Å². The maximum Gasteiger partial charge on any atom is 0.338 e. The Hall–Kier alpha value is -2.00. The van der Waals surface area contributed by atoms with Crippen LogP contribution in [0.1, 0.15) is 37.0 Å². The van der Waals surface area contributed by atoms with Gasteiger partial charge in [0.1, 0.15) is 5.92 Å². The molecular formula is C17H21NO4S. The van der Waals surface area contributed by atoms with E-state index in [-0.39, 0.29) is 5.97 Å². The Labute approximate surface area is 141 Å². The summed E-state index contributed by atoms with van der Waals surface area (Å²) in [5.41, 5.74) is 0.531. The van der Waals surface area contributed by atoms with E-state index in [9.17, 15) is 9.59 Å². The third-order valence-corrected chi connectivity index (χ3v) is 4.10. The van der Waals surface area contributed by atoms with Gasteiger partial charge in [0.25, 0.3) is 0 Å². The Morgan fingerprint density at radius 3 is 2.39 bits per heavy atom. The van der Waals surface area contributed by atoms with E-state index in [1.54, 1.807) is 37.7 Å². The van der Waals surface area contributed by atoms with Crippen molar-refractivity contribution in [1.29, 1.82) is 5.26 Å². The lowest BCUT2D eigenvalue weighted by Crippen LogP contribution is -2.16. The highest BCUT2D eigenvalue weighted by Crippen LogP contribution is 2.21. The molecule has 0 radical (unpaired) electrons. The minimum Gasteiger partial charge on any atom is -0.465 e. The first-order valence-electron chi connectivity index (χ1n) is 7.58. The van der Waals surface area contributed by atoms with Crippen LogP contribution in [0.15, 0.2) is 29.2 Å². The molecule has 0 aliphatic heterocycles. The summed E-state index contributed by atoms with van der Waals surface area (Å²) in [7, 11) is 0. The first-order chi connectivity index (χ1) is 11.1. The molecule has 0 spiro atoms. The van der Waals surface area contributed by atoms with Crippen LogP contribution < -0.4 is 0 Å². The van der Waals surface area contributed by atoms with Crippen molar-refractivity contribution >= 4 is 23.7 Å². The number of nitrogens with zero attached hydrogens (tertiary/aromatic N) is 1. The van der Waals surface area contributed by atoms with Crippen LogP contribution in [0.3, 0.4) is 0 Å². The molecule has 1 aromatic rings. The quantitative estimate of drug-likeness (QED) is 0.391. The molecule has 0 bridgehead atoms. The van der Waals surface area contributed by atoms with Gasteiger partial charge < -0.3 is 9.47 Å². The van der Waals surface area contributed by atoms with Crippen molar-refractivity contribution < 1.29 is 19.1 Å². The Bertz CT molecular complexity index is 551. The number of rotatable bonds is 9. The van der Waals surface area contributed by atoms with Crippen molar-refractivity contribution in [2.75, 3.05) is 19.0 Å². The second-order valence-electron chi connectivity index (χ2n) is 4.67. The minimum absolute atomic E-state index is 0.290. The zero-order valence-electron chi connectivity index (χ0n) is 13.4. The van der Waals surface area contributed by atoms with Gasteiger partial charge in [-0.2, -0.15) is 5.26 Å². The van der Waals surface area contributed by atoms with Crippen LogP contribution in [0.4, 0.5) is 0 Å². The van der Waals surface area contributed by atoms with E-state index in [1.165, 1.54) is 0 Å². The van der Waals surface area contributed by atoms with E-state index >= 15 is 0 Å². The molecule has 0 saturated carbocycles. The summed E-state index contributed by atoms with van der Waals surface area (Å²) >= 11 is 1.62. The van der Waals surface area contributed by atoms with Gasteiger partial charge in [0.2, 0.25) is 0 Å². The maximum absolute atomic E-state index is 11.5. The Kier molecular flexibility index (Phi) is 8.85. The summed E-state index contributed by atoms with van der Waals surface area (Å²) in [6.07, 6.45) is 1.23. The fraction of sp³-hybridized carbons (Fsp3) is 0.471. The largest absolute Gasteiger partial charge is 0.465 e. The second-order valence-corrected chi connectivity index (χ2v) is 5.84. The molecule has 0 N–H and O–H groups in total. The van der Waals surface area contributed by atoms with Crippen LogP contribution >= 0.6 is 11.8 Å². The molecule has 0 aliphatic rings. The molecule has 1 aromatic carbocycles. The molecule has 124 valence electrons. The number of benzene rings is 1. The van der Waals surface area contributed by atoms with Crippen LogP contribution in [-0.2, 0) is 14.3 Å². The SMILES string of the molecule is CCOC(=O)c1ccc(SCCC[C@@H](C#N)C(=O)OCC)cc1. The van der Waals surface area contributed by atoms with E-state index in [0.29, 0.717) is 25.2 Å². The van der Waals surface area contributed by atoms with E-state index in [0.717, 1.165) is 17.1 Å². The van der Waals surface area contributed by atoms with Crippen LogP contribution in [-0.4, -0.2) is 30.9 Å². The summed E-state index contributed by atoms with van der Waals surface area (Å²) in [4.78, 5) is 24.1. The average Bonchev–Trinajstić information content (AvgIpc) is 2.56. The molecule has 0 unspecified atom stereocenters. The molecule has 5 nitrogen and oxygen atoms in total. The minimum atomic E-state index is -0.693. The molecule has 1 rings (SSSR count). The van der Waals surface area contributed by atoms with Gasteiger partial charge in [0.05, 0.1) is 24.8 Å². The number of hydrogen-bond acceptors (Lipinski definition) is 6. The van der Waals surface area contributed by atoms with Crippen molar-refractivity contribution in [2.45, 2.75) is 31.6 Å². The highest BCUT2D eigenvalue weighted by atomic mass is 32.2. The molecule has 0 saturated heterocycles. The Morgan fingerprint density at radius 1 is 1.17 bits per heavy atom. The molecule has 0 aliphatic carbocycles. The lowest BCUT2D eigenvalue weighted by Gasteiger charge is -2.08. The zero-order chi connectivity index (χ0) is 17.1. The number of carbonyl (C=O) groups excluding carboxylic acids is 2. The van der Waals surface area contributed by atoms with E-state index in [2.05, 4.69) is 0 Å². The lowest BCUT2D eigenvalue weighted by atomic mass is 10.1. The first-order valence-corrected chi connectivity index (χ1v) is 8.57. The summed E-state index contributed by atoms with van der Waals surface area (Å²) in [5, 5.41) is 8.96. The summed E-state index contributed by atoms with van der Waals surface area (Å²) in [6, 6.07) is 9.18. The summed E-state index contributed by atoms with van der Waals surface area (Å²) in [6.45, 7) is 4.14. The standard InChI is InChI=1S/C17H21NO4S/c1-3-21-16(19)13-7-9-15(10-8-13)23-11-5-6-14(12-18)17(20)22-4-2/h7-10,14H,3-6,11H2,1-2H3/t14-/m0/s1. The maximum atomic E-state index is 11.5. The number of thioether (sulfide) groups is 1. The predicted molar refractivity (Wildman–Crippen MR) is 88.1 cm³/mol. The molecular weight excluding hydrogens is 314 g/mol. The molecule has 0 heterocycles. The fourth-order valence-electron chi connectivity index (χ4n) is 1.86. The van der Waals surface area contributed by atoms with Gasteiger partial charge in [-0.3, -0.25) is 4.79 Å². The predicted octanol–water partition coefficient (Wildman–Crippen LogP) is 3.44. The van der Waals surface area contributed by atoms with Crippen molar-refractivity contribution in [3.05, 3.63) is 29.8 Å². The summed E-state index contributed by atoms with van der Waals surface area (Å²) in [5.74, 6) is -0.674. The molecule has 6 heteroatoms. The molecule has 1 atom stereocenters. The van der Waals surface area contributed by atoms with Crippen molar-refractivity contribution in [1.82, 2.24) is 0 Å². The van der Waals surface area contributed by atoms with Crippen molar-refractivity contribution in [3.8, 4) is 6.07 Å².